The number of methoxy groups -OCH3 is 1. The molecule has 0 aliphatic carbocycles. The lowest BCUT2D eigenvalue weighted by Gasteiger charge is -2.30. The van der Waals surface area contributed by atoms with Gasteiger partial charge in [0.05, 0.1) is 7.11 Å². The molecule has 11 heteroatoms. The Balaban J connectivity index is 2.11. The summed E-state index contributed by atoms with van der Waals surface area (Å²) in [5.74, 6) is -3.59. The van der Waals surface area contributed by atoms with Gasteiger partial charge in [0.2, 0.25) is 0 Å². The number of anilines is 1. The first kappa shape index (κ1) is 16.6. The van der Waals surface area contributed by atoms with Gasteiger partial charge in [-0.25, -0.2) is 13.6 Å². The Morgan fingerprint density at radius 2 is 2.00 bits per heavy atom. The highest BCUT2D eigenvalue weighted by atomic mass is 32.2. The first-order valence-corrected chi connectivity index (χ1v) is 7.87. The average Bonchev–Trinajstić information content (AvgIpc) is 2.77. The molecule has 0 saturated carbocycles. The SMILES string of the molecule is COC(=O)c1cc(NS(=O)(=O)N2CCC(F)(F)CC2)nn1C. The number of aromatic nitrogens is 2. The Kier molecular flexibility index (Phi) is 4.38. The van der Waals surface area contributed by atoms with Gasteiger partial charge in [0.1, 0.15) is 5.69 Å². The van der Waals surface area contributed by atoms with E-state index in [9.17, 15) is 22.0 Å². The zero-order valence-electron chi connectivity index (χ0n) is 12.0. The van der Waals surface area contributed by atoms with E-state index in [2.05, 4.69) is 14.6 Å². The van der Waals surface area contributed by atoms with Crippen LogP contribution in [0.15, 0.2) is 6.07 Å². The second-order valence-corrected chi connectivity index (χ2v) is 6.56. The number of esters is 1. The molecular formula is C11H16F2N4O4S. The number of nitrogens with one attached hydrogen (secondary N) is 1. The van der Waals surface area contributed by atoms with Crippen LogP contribution in [0.25, 0.3) is 0 Å². The first-order valence-electron chi connectivity index (χ1n) is 6.43. The van der Waals surface area contributed by atoms with Crippen molar-refractivity contribution in [1.29, 1.82) is 0 Å². The highest BCUT2D eigenvalue weighted by Crippen LogP contribution is 2.29. The Morgan fingerprint density at radius 1 is 1.41 bits per heavy atom. The van der Waals surface area contributed by atoms with Crippen LogP contribution in [0, 0.1) is 0 Å². The molecule has 0 radical (unpaired) electrons. The summed E-state index contributed by atoms with van der Waals surface area (Å²) in [6.45, 7) is -0.557. The van der Waals surface area contributed by atoms with E-state index >= 15 is 0 Å². The fourth-order valence-corrected chi connectivity index (χ4v) is 3.22. The predicted octanol–water partition coefficient (Wildman–Crippen LogP) is 0.594. The molecule has 1 fully saturated rings. The van der Waals surface area contributed by atoms with Crippen molar-refractivity contribution in [2.75, 3.05) is 24.9 Å². The van der Waals surface area contributed by atoms with Crippen molar-refractivity contribution in [2.45, 2.75) is 18.8 Å². The van der Waals surface area contributed by atoms with Crippen LogP contribution in [0.1, 0.15) is 23.3 Å². The molecule has 2 rings (SSSR count). The summed E-state index contributed by atoms with van der Waals surface area (Å²) in [6, 6.07) is 1.21. The summed E-state index contributed by atoms with van der Waals surface area (Å²) in [4.78, 5) is 11.4. The molecule has 1 aromatic rings. The maximum atomic E-state index is 13.1. The van der Waals surface area contributed by atoms with Gasteiger partial charge in [0.25, 0.3) is 5.92 Å². The Hall–Kier alpha value is -1.75. The zero-order chi connectivity index (χ0) is 16.5. The lowest BCUT2D eigenvalue weighted by atomic mass is 10.1. The van der Waals surface area contributed by atoms with E-state index in [4.69, 9.17) is 0 Å². The van der Waals surface area contributed by atoms with Gasteiger partial charge in [0.15, 0.2) is 5.82 Å². The van der Waals surface area contributed by atoms with Crippen LogP contribution in [-0.4, -0.2) is 54.6 Å². The Morgan fingerprint density at radius 3 is 2.55 bits per heavy atom. The summed E-state index contributed by atoms with van der Waals surface area (Å²) < 4.78 is 59.2. The molecule has 0 unspecified atom stereocenters. The first-order chi connectivity index (χ1) is 10.1. The third-order valence-corrected chi connectivity index (χ3v) is 4.81. The minimum atomic E-state index is -4.00. The van der Waals surface area contributed by atoms with E-state index in [-0.39, 0.29) is 24.6 Å². The van der Waals surface area contributed by atoms with E-state index in [1.807, 2.05) is 0 Å². The number of nitrogens with zero attached hydrogens (tertiary/aromatic N) is 3. The average molecular weight is 338 g/mol. The van der Waals surface area contributed by atoms with Crippen molar-refractivity contribution in [2.24, 2.45) is 7.05 Å². The van der Waals surface area contributed by atoms with Gasteiger partial charge in [-0.05, 0) is 0 Å². The number of alkyl halides is 2. The molecule has 2 heterocycles. The molecular weight excluding hydrogens is 322 g/mol. The quantitative estimate of drug-likeness (QED) is 0.811. The highest BCUT2D eigenvalue weighted by molar-refractivity contribution is 7.90. The monoisotopic (exact) mass is 338 g/mol. The summed E-state index contributed by atoms with van der Waals surface area (Å²) in [7, 11) is -1.36. The smallest absolute Gasteiger partial charge is 0.356 e. The topological polar surface area (TPSA) is 93.5 Å². The van der Waals surface area contributed by atoms with Crippen molar-refractivity contribution in [3.05, 3.63) is 11.8 Å². The van der Waals surface area contributed by atoms with Crippen LogP contribution in [0.5, 0.6) is 0 Å². The molecule has 0 amide bonds. The van der Waals surface area contributed by atoms with Gasteiger partial charge in [-0.15, -0.1) is 0 Å². The third-order valence-electron chi connectivity index (χ3n) is 3.30. The normalized spacial score (nSPS) is 18.9. The Labute approximate surface area is 126 Å². The van der Waals surface area contributed by atoms with Gasteiger partial charge < -0.3 is 4.74 Å². The van der Waals surface area contributed by atoms with E-state index in [0.29, 0.717) is 0 Å². The lowest BCUT2D eigenvalue weighted by Crippen LogP contribution is -2.45. The standard InChI is InChI=1S/C11H16F2N4O4S/c1-16-8(10(18)21-2)7-9(14-16)15-22(19,20)17-5-3-11(12,13)4-6-17/h7H,3-6H2,1-2H3,(H,14,15). The van der Waals surface area contributed by atoms with E-state index < -0.39 is 34.9 Å². The van der Waals surface area contributed by atoms with E-state index in [1.165, 1.54) is 20.2 Å². The molecule has 1 aliphatic heterocycles. The van der Waals surface area contributed by atoms with Crippen molar-refractivity contribution in [1.82, 2.24) is 14.1 Å². The lowest BCUT2D eigenvalue weighted by molar-refractivity contribution is -0.0411. The summed E-state index contributed by atoms with van der Waals surface area (Å²) in [6.07, 6.45) is -1.05. The number of piperidine rings is 1. The van der Waals surface area contributed by atoms with E-state index in [0.717, 1.165) is 8.99 Å². The number of ether oxygens (including phenoxy) is 1. The number of carbonyl (C=O) groups excluding carboxylic acids is 1. The van der Waals surface area contributed by atoms with Crippen LogP contribution in [-0.2, 0) is 22.0 Å². The largest absolute Gasteiger partial charge is 0.464 e. The molecule has 0 bridgehead atoms. The molecule has 1 saturated heterocycles. The second kappa shape index (κ2) is 5.80. The fourth-order valence-electron chi connectivity index (χ4n) is 2.06. The minimum Gasteiger partial charge on any atom is -0.464 e. The maximum absolute atomic E-state index is 13.1. The highest BCUT2D eigenvalue weighted by Gasteiger charge is 2.38. The van der Waals surface area contributed by atoms with Gasteiger partial charge in [-0.2, -0.15) is 17.8 Å². The number of rotatable bonds is 4. The number of aryl methyl sites for hydroxylation is 1. The number of hydrogen-bond donors (Lipinski definition) is 1. The predicted molar refractivity (Wildman–Crippen MR) is 72.8 cm³/mol. The number of hydrogen-bond acceptors (Lipinski definition) is 5. The molecule has 1 aromatic heterocycles. The molecule has 124 valence electrons. The van der Waals surface area contributed by atoms with Gasteiger partial charge in [0, 0.05) is 39.0 Å². The van der Waals surface area contributed by atoms with Gasteiger partial charge in [-0.1, -0.05) is 0 Å². The molecule has 1 aliphatic rings. The molecule has 1 N–H and O–H groups in total. The van der Waals surface area contributed by atoms with Crippen LogP contribution >= 0.6 is 0 Å². The molecule has 8 nitrogen and oxygen atoms in total. The van der Waals surface area contributed by atoms with Gasteiger partial charge in [-0.3, -0.25) is 9.40 Å². The Bertz CT molecular complexity index is 664. The van der Waals surface area contributed by atoms with Crippen LogP contribution in [0.4, 0.5) is 14.6 Å². The molecule has 0 atom stereocenters. The van der Waals surface area contributed by atoms with Crippen LogP contribution in [0.2, 0.25) is 0 Å². The third kappa shape index (κ3) is 3.53. The second-order valence-electron chi connectivity index (χ2n) is 4.89. The number of carbonyl (C=O) groups is 1. The van der Waals surface area contributed by atoms with Crippen molar-refractivity contribution in [3.63, 3.8) is 0 Å². The molecule has 0 aromatic carbocycles. The van der Waals surface area contributed by atoms with Crippen molar-refractivity contribution in [3.8, 4) is 0 Å². The summed E-state index contributed by atoms with van der Waals surface area (Å²) in [5, 5.41) is 3.84. The van der Waals surface area contributed by atoms with E-state index in [1.54, 1.807) is 0 Å². The minimum absolute atomic E-state index is 0.0605. The van der Waals surface area contributed by atoms with Crippen LogP contribution in [0.3, 0.4) is 0 Å². The number of halogens is 2. The molecule has 22 heavy (non-hydrogen) atoms. The van der Waals surface area contributed by atoms with Gasteiger partial charge >= 0.3 is 16.2 Å². The zero-order valence-corrected chi connectivity index (χ0v) is 12.9. The van der Waals surface area contributed by atoms with Crippen molar-refractivity contribution < 1.29 is 26.7 Å². The molecule has 0 spiro atoms. The summed E-state index contributed by atoms with van der Waals surface area (Å²) >= 11 is 0. The summed E-state index contributed by atoms with van der Waals surface area (Å²) in [5.41, 5.74) is 0.0605. The van der Waals surface area contributed by atoms with Crippen LogP contribution < -0.4 is 4.72 Å². The maximum Gasteiger partial charge on any atom is 0.356 e. The fraction of sp³-hybridized carbons (Fsp3) is 0.636. The van der Waals surface area contributed by atoms with Crippen molar-refractivity contribution >= 4 is 22.0 Å².